The first-order valence-corrected chi connectivity index (χ1v) is 8.08. The molecule has 2 fully saturated rings. The zero-order chi connectivity index (χ0) is 15.4. The SMILES string of the molecule is Cl.O=C(NC(Cc1ccccc1)C(=O)N1CCCC1)C1CNC1. The Bertz CT molecular complexity index is 528. The molecular formula is C17H24ClN3O2. The van der Waals surface area contributed by atoms with E-state index in [1.165, 1.54) is 0 Å². The number of benzene rings is 1. The van der Waals surface area contributed by atoms with Crippen LogP contribution in [0.4, 0.5) is 0 Å². The molecule has 1 unspecified atom stereocenters. The van der Waals surface area contributed by atoms with Gasteiger partial charge in [0, 0.05) is 32.6 Å². The summed E-state index contributed by atoms with van der Waals surface area (Å²) < 4.78 is 0. The van der Waals surface area contributed by atoms with Gasteiger partial charge in [-0.2, -0.15) is 0 Å². The highest BCUT2D eigenvalue weighted by atomic mass is 35.5. The third kappa shape index (κ3) is 4.45. The molecule has 0 aliphatic carbocycles. The average molecular weight is 338 g/mol. The van der Waals surface area contributed by atoms with Crippen LogP contribution in [0.5, 0.6) is 0 Å². The summed E-state index contributed by atoms with van der Waals surface area (Å²) in [6, 6.07) is 9.44. The van der Waals surface area contributed by atoms with Crippen LogP contribution in [0.3, 0.4) is 0 Å². The highest BCUT2D eigenvalue weighted by Gasteiger charge is 2.31. The van der Waals surface area contributed by atoms with Crippen LogP contribution < -0.4 is 10.6 Å². The van der Waals surface area contributed by atoms with Crippen molar-refractivity contribution in [2.75, 3.05) is 26.2 Å². The molecule has 2 amide bonds. The number of hydrogen-bond donors (Lipinski definition) is 2. The molecule has 3 rings (SSSR count). The summed E-state index contributed by atoms with van der Waals surface area (Å²) in [7, 11) is 0. The number of likely N-dealkylation sites (tertiary alicyclic amines) is 1. The van der Waals surface area contributed by atoms with E-state index in [-0.39, 0.29) is 30.1 Å². The summed E-state index contributed by atoms with van der Waals surface area (Å²) in [5.74, 6) is 0.0545. The molecule has 0 bridgehead atoms. The minimum Gasteiger partial charge on any atom is -0.344 e. The highest BCUT2D eigenvalue weighted by Crippen LogP contribution is 2.13. The standard InChI is InChI=1S/C17H23N3O2.ClH/c21-16(14-11-18-12-14)19-15(10-13-6-2-1-3-7-13)17(22)20-8-4-5-9-20;/h1-3,6-7,14-15,18H,4-5,8-12H2,(H,19,21);1H. The van der Waals surface area contributed by atoms with Gasteiger partial charge in [0.1, 0.15) is 6.04 Å². The quantitative estimate of drug-likeness (QED) is 0.842. The summed E-state index contributed by atoms with van der Waals surface area (Å²) in [6.07, 6.45) is 2.68. The van der Waals surface area contributed by atoms with Gasteiger partial charge in [-0.3, -0.25) is 9.59 Å². The molecule has 126 valence electrons. The molecule has 0 aromatic heterocycles. The lowest BCUT2D eigenvalue weighted by atomic mass is 10.00. The monoisotopic (exact) mass is 337 g/mol. The summed E-state index contributed by atoms with van der Waals surface area (Å²) in [5.41, 5.74) is 1.08. The number of carbonyl (C=O) groups is 2. The van der Waals surface area contributed by atoms with Crippen molar-refractivity contribution in [3.8, 4) is 0 Å². The normalized spacial score (nSPS) is 18.7. The number of halogens is 1. The van der Waals surface area contributed by atoms with Crippen LogP contribution in [-0.4, -0.2) is 48.9 Å². The third-order valence-corrected chi connectivity index (χ3v) is 4.47. The van der Waals surface area contributed by atoms with Crippen molar-refractivity contribution in [2.45, 2.75) is 25.3 Å². The molecule has 2 aliphatic rings. The topological polar surface area (TPSA) is 61.4 Å². The highest BCUT2D eigenvalue weighted by molar-refractivity contribution is 5.89. The van der Waals surface area contributed by atoms with Crippen molar-refractivity contribution in [3.05, 3.63) is 35.9 Å². The minimum atomic E-state index is -0.450. The van der Waals surface area contributed by atoms with Gasteiger partial charge in [-0.15, -0.1) is 12.4 Å². The Balaban J connectivity index is 0.00000192. The van der Waals surface area contributed by atoms with E-state index in [9.17, 15) is 9.59 Å². The van der Waals surface area contributed by atoms with Gasteiger partial charge in [0.2, 0.25) is 11.8 Å². The van der Waals surface area contributed by atoms with Crippen LogP contribution in [-0.2, 0) is 16.0 Å². The van der Waals surface area contributed by atoms with Crippen molar-refractivity contribution in [3.63, 3.8) is 0 Å². The second-order valence-electron chi connectivity index (χ2n) is 6.14. The molecule has 2 saturated heterocycles. The van der Waals surface area contributed by atoms with Crippen LogP contribution >= 0.6 is 12.4 Å². The number of hydrogen-bond acceptors (Lipinski definition) is 3. The van der Waals surface area contributed by atoms with Crippen LogP contribution in [0, 0.1) is 5.92 Å². The van der Waals surface area contributed by atoms with Gasteiger partial charge in [-0.05, 0) is 18.4 Å². The molecule has 0 saturated carbocycles. The van der Waals surface area contributed by atoms with Crippen molar-refractivity contribution in [1.82, 2.24) is 15.5 Å². The largest absolute Gasteiger partial charge is 0.344 e. The third-order valence-electron chi connectivity index (χ3n) is 4.47. The van der Waals surface area contributed by atoms with Gasteiger partial charge in [0.05, 0.1) is 5.92 Å². The second kappa shape index (κ2) is 8.31. The van der Waals surface area contributed by atoms with E-state index in [0.29, 0.717) is 19.5 Å². The first kappa shape index (κ1) is 17.8. The number of nitrogens with zero attached hydrogens (tertiary/aromatic N) is 1. The molecule has 1 atom stereocenters. The fraction of sp³-hybridized carbons (Fsp3) is 0.529. The molecule has 0 radical (unpaired) electrons. The lowest BCUT2D eigenvalue weighted by Gasteiger charge is -2.30. The number of nitrogens with one attached hydrogen (secondary N) is 2. The summed E-state index contributed by atoms with van der Waals surface area (Å²) in [6.45, 7) is 3.04. The van der Waals surface area contributed by atoms with E-state index in [1.54, 1.807) is 0 Å². The molecule has 2 heterocycles. The fourth-order valence-corrected chi connectivity index (χ4v) is 2.97. The van der Waals surface area contributed by atoms with Gasteiger partial charge in [-0.25, -0.2) is 0 Å². The Hall–Kier alpha value is -1.59. The zero-order valence-corrected chi connectivity index (χ0v) is 14.0. The molecule has 0 spiro atoms. The van der Waals surface area contributed by atoms with Gasteiger partial charge >= 0.3 is 0 Å². The first-order chi connectivity index (χ1) is 10.7. The summed E-state index contributed by atoms with van der Waals surface area (Å²) in [5, 5.41) is 6.07. The fourth-order valence-electron chi connectivity index (χ4n) is 2.97. The molecule has 1 aromatic rings. The number of carbonyl (C=O) groups excluding carboxylic acids is 2. The number of rotatable bonds is 5. The van der Waals surface area contributed by atoms with E-state index >= 15 is 0 Å². The predicted octanol–water partition coefficient (Wildman–Crippen LogP) is 0.977. The smallest absolute Gasteiger partial charge is 0.245 e. The van der Waals surface area contributed by atoms with Gasteiger partial charge in [0.25, 0.3) is 0 Å². The maximum Gasteiger partial charge on any atom is 0.245 e. The minimum absolute atomic E-state index is 0. The van der Waals surface area contributed by atoms with E-state index in [0.717, 1.165) is 31.5 Å². The maximum absolute atomic E-state index is 12.7. The Labute approximate surface area is 143 Å². The molecule has 6 heteroatoms. The summed E-state index contributed by atoms with van der Waals surface area (Å²) >= 11 is 0. The predicted molar refractivity (Wildman–Crippen MR) is 91.5 cm³/mol. The molecular weight excluding hydrogens is 314 g/mol. The Morgan fingerprint density at radius 3 is 2.39 bits per heavy atom. The molecule has 5 nitrogen and oxygen atoms in total. The van der Waals surface area contributed by atoms with Gasteiger partial charge in [-0.1, -0.05) is 30.3 Å². The second-order valence-corrected chi connectivity index (χ2v) is 6.14. The Morgan fingerprint density at radius 1 is 1.17 bits per heavy atom. The average Bonchev–Trinajstić information content (AvgIpc) is 2.99. The molecule has 23 heavy (non-hydrogen) atoms. The number of amides is 2. The van der Waals surface area contributed by atoms with E-state index in [4.69, 9.17) is 0 Å². The van der Waals surface area contributed by atoms with E-state index < -0.39 is 6.04 Å². The van der Waals surface area contributed by atoms with Crippen LogP contribution in [0.1, 0.15) is 18.4 Å². The van der Waals surface area contributed by atoms with E-state index in [2.05, 4.69) is 10.6 Å². The molecule has 2 N–H and O–H groups in total. The van der Waals surface area contributed by atoms with Gasteiger partial charge in [0.15, 0.2) is 0 Å². The molecule has 2 aliphatic heterocycles. The maximum atomic E-state index is 12.7. The zero-order valence-electron chi connectivity index (χ0n) is 13.2. The summed E-state index contributed by atoms with van der Waals surface area (Å²) in [4.78, 5) is 26.8. The van der Waals surface area contributed by atoms with Crippen molar-refractivity contribution < 1.29 is 9.59 Å². The lowest BCUT2D eigenvalue weighted by molar-refractivity contribution is -0.137. The molecule has 1 aromatic carbocycles. The van der Waals surface area contributed by atoms with E-state index in [1.807, 2.05) is 35.2 Å². The Morgan fingerprint density at radius 2 is 1.83 bits per heavy atom. The van der Waals surface area contributed by atoms with Gasteiger partial charge < -0.3 is 15.5 Å². The van der Waals surface area contributed by atoms with Crippen molar-refractivity contribution in [1.29, 1.82) is 0 Å². The van der Waals surface area contributed by atoms with Crippen molar-refractivity contribution >= 4 is 24.2 Å². The van der Waals surface area contributed by atoms with Crippen LogP contribution in [0.15, 0.2) is 30.3 Å². The van der Waals surface area contributed by atoms with Crippen molar-refractivity contribution in [2.24, 2.45) is 5.92 Å². The Kier molecular flexibility index (Phi) is 6.42. The van der Waals surface area contributed by atoms with Crippen LogP contribution in [0.25, 0.3) is 0 Å². The first-order valence-electron chi connectivity index (χ1n) is 8.08. The van der Waals surface area contributed by atoms with Crippen LogP contribution in [0.2, 0.25) is 0 Å². The lowest BCUT2D eigenvalue weighted by Crippen LogP contribution is -2.56.